The molecule has 1 aromatic rings. The third-order valence-corrected chi connectivity index (χ3v) is 3.51. The van der Waals surface area contributed by atoms with Crippen LogP contribution in [0.1, 0.15) is 0 Å². The van der Waals surface area contributed by atoms with Crippen molar-refractivity contribution in [2.45, 2.75) is 10.2 Å². The highest BCUT2D eigenvalue weighted by molar-refractivity contribution is 7.87. The summed E-state index contributed by atoms with van der Waals surface area (Å²) in [5.74, 6) is 0. The summed E-state index contributed by atoms with van der Waals surface area (Å²) in [4.78, 5) is 0.110. The SMILES string of the molecule is O=S(OCC(F)(F)S(=O)(=O)O)c1ccccc1. The van der Waals surface area contributed by atoms with Gasteiger partial charge in [-0.05, 0) is 12.1 Å². The average molecular weight is 286 g/mol. The maximum Gasteiger partial charge on any atom is 0.393 e. The van der Waals surface area contributed by atoms with Gasteiger partial charge in [0, 0.05) is 0 Å². The molecule has 0 bridgehead atoms. The largest absolute Gasteiger partial charge is 0.393 e. The van der Waals surface area contributed by atoms with Crippen LogP contribution in [0, 0.1) is 0 Å². The van der Waals surface area contributed by atoms with Gasteiger partial charge < -0.3 is 0 Å². The molecule has 0 aliphatic heterocycles. The first-order valence-electron chi connectivity index (χ1n) is 4.19. The zero-order valence-electron chi connectivity index (χ0n) is 8.25. The van der Waals surface area contributed by atoms with Crippen LogP contribution in [0.25, 0.3) is 0 Å². The Balaban J connectivity index is 2.67. The predicted molar refractivity (Wildman–Crippen MR) is 55.3 cm³/mol. The van der Waals surface area contributed by atoms with Crippen LogP contribution < -0.4 is 0 Å². The summed E-state index contributed by atoms with van der Waals surface area (Å²) in [5, 5.41) is -4.49. The van der Waals surface area contributed by atoms with Gasteiger partial charge in [0.15, 0.2) is 11.1 Å². The topological polar surface area (TPSA) is 80.7 Å². The summed E-state index contributed by atoms with van der Waals surface area (Å²) in [6.45, 7) is -1.69. The summed E-state index contributed by atoms with van der Waals surface area (Å²) in [7, 11) is -5.57. The smallest absolute Gasteiger partial charge is 0.281 e. The van der Waals surface area contributed by atoms with Gasteiger partial charge in [0.2, 0.25) is 0 Å². The summed E-state index contributed by atoms with van der Waals surface area (Å²) < 4.78 is 69.5. The van der Waals surface area contributed by atoms with Crippen molar-refractivity contribution in [1.82, 2.24) is 0 Å². The third-order valence-electron chi connectivity index (χ3n) is 1.65. The first-order valence-corrected chi connectivity index (χ1v) is 6.70. The van der Waals surface area contributed by atoms with E-state index < -0.39 is 33.1 Å². The lowest BCUT2D eigenvalue weighted by Gasteiger charge is -2.12. The van der Waals surface area contributed by atoms with E-state index >= 15 is 0 Å². The molecule has 0 spiro atoms. The molecule has 0 aromatic heterocycles. The van der Waals surface area contributed by atoms with Gasteiger partial charge in [-0.15, -0.1) is 0 Å². The van der Waals surface area contributed by atoms with E-state index in [-0.39, 0.29) is 4.90 Å². The molecule has 9 heteroatoms. The Bertz CT molecular complexity index is 500. The van der Waals surface area contributed by atoms with Crippen molar-refractivity contribution >= 4 is 21.2 Å². The number of hydrogen-bond acceptors (Lipinski definition) is 4. The molecule has 0 amide bonds. The van der Waals surface area contributed by atoms with E-state index in [2.05, 4.69) is 4.18 Å². The monoisotopic (exact) mass is 286 g/mol. The van der Waals surface area contributed by atoms with Gasteiger partial charge in [0.25, 0.3) is 0 Å². The van der Waals surface area contributed by atoms with Crippen molar-refractivity contribution in [1.29, 1.82) is 0 Å². The molecule has 17 heavy (non-hydrogen) atoms. The molecule has 96 valence electrons. The van der Waals surface area contributed by atoms with Crippen molar-refractivity contribution in [3.05, 3.63) is 30.3 Å². The summed E-state index contributed by atoms with van der Waals surface area (Å²) >= 11 is -2.22. The fourth-order valence-electron chi connectivity index (χ4n) is 0.796. The van der Waals surface area contributed by atoms with Crippen molar-refractivity contribution in [3.8, 4) is 0 Å². The van der Waals surface area contributed by atoms with Crippen LogP contribution in [-0.2, 0) is 25.4 Å². The maximum atomic E-state index is 12.7. The molecule has 1 unspecified atom stereocenters. The third kappa shape index (κ3) is 3.80. The van der Waals surface area contributed by atoms with Crippen molar-refractivity contribution < 1.29 is 30.1 Å². The van der Waals surface area contributed by atoms with Crippen LogP contribution in [0.2, 0.25) is 0 Å². The number of halogens is 2. The molecule has 0 saturated heterocycles. The van der Waals surface area contributed by atoms with Gasteiger partial charge in [0.05, 0.1) is 4.90 Å². The summed E-state index contributed by atoms with van der Waals surface area (Å²) in [5.41, 5.74) is 0. The normalized spacial score (nSPS) is 14.5. The van der Waals surface area contributed by atoms with Crippen molar-refractivity contribution in [3.63, 3.8) is 0 Å². The number of benzene rings is 1. The fraction of sp³-hybridized carbons (Fsp3) is 0.250. The van der Waals surface area contributed by atoms with E-state index in [1.807, 2.05) is 0 Å². The molecule has 0 aliphatic rings. The minimum Gasteiger partial charge on any atom is -0.281 e. The Morgan fingerprint density at radius 2 is 1.82 bits per heavy atom. The van der Waals surface area contributed by atoms with E-state index in [1.165, 1.54) is 24.3 Å². The molecule has 1 atom stereocenters. The maximum absolute atomic E-state index is 12.7. The quantitative estimate of drug-likeness (QED) is 0.823. The predicted octanol–water partition coefficient (Wildman–Crippen LogP) is 1.21. The molecular weight excluding hydrogens is 278 g/mol. The van der Waals surface area contributed by atoms with Gasteiger partial charge in [-0.1, -0.05) is 18.2 Å². The Hall–Kier alpha value is -0.900. The molecule has 1 N–H and O–H groups in total. The van der Waals surface area contributed by atoms with Gasteiger partial charge in [0.1, 0.15) is 6.61 Å². The first-order chi connectivity index (χ1) is 7.74. The zero-order chi connectivity index (χ0) is 13.1. The summed E-state index contributed by atoms with van der Waals surface area (Å²) in [6, 6.07) is 7.37. The Morgan fingerprint density at radius 3 is 2.29 bits per heavy atom. The molecule has 0 fully saturated rings. The second kappa shape index (κ2) is 5.17. The average Bonchev–Trinajstić information content (AvgIpc) is 2.25. The highest BCUT2D eigenvalue weighted by Crippen LogP contribution is 2.22. The number of alkyl halides is 2. The Labute approximate surface area is 98.8 Å². The molecular formula is C8H8F2O5S2. The number of rotatable bonds is 5. The van der Waals surface area contributed by atoms with Crippen LogP contribution >= 0.6 is 0 Å². The van der Waals surface area contributed by atoms with E-state index in [1.54, 1.807) is 6.07 Å². The zero-order valence-corrected chi connectivity index (χ0v) is 9.88. The van der Waals surface area contributed by atoms with Crippen LogP contribution in [0.15, 0.2) is 35.2 Å². The molecule has 0 heterocycles. The van der Waals surface area contributed by atoms with Crippen LogP contribution in [0.5, 0.6) is 0 Å². The molecule has 0 radical (unpaired) electrons. The van der Waals surface area contributed by atoms with Crippen LogP contribution in [0.3, 0.4) is 0 Å². The van der Waals surface area contributed by atoms with E-state index in [4.69, 9.17) is 4.55 Å². The lowest BCUT2D eigenvalue weighted by molar-refractivity contribution is 0.0338. The Kier molecular flexibility index (Phi) is 4.31. The second-order valence-electron chi connectivity index (χ2n) is 2.92. The lowest BCUT2D eigenvalue weighted by Crippen LogP contribution is -2.33. The highest BCUT2D eigenvalue weighted by atomic mass is 32.2. The summed E-state index contributed by atoms with van der Waals surface area (Å²) in [6.07, 6.45) is 0. The van der Waals surface area contributed by atoms with Gasteiger partial charge >= 0.3 is 15.4 Å². The van der Waals surface area contributed by atoms with E-state index in [9.17, 15) is 21.4 Å². The second-order valence-corrected chi connectivity index (χ2v) is 5.65. The lowest BCUT2D eigenvalue weighted by atomic mass is 10.4. The standard InChI is InChI=1S/C8H8F2O5S2/c9-8(10,17(12,13)14)6-15-16(11)7-4-2-1-3-5-7/h1-5H,6H2,(H,12,13,14). The minimum absolute atomic E-state index is 0.110. The van der Waals surface area contributed by atoms with Gasteiger partial charge in [-0.2, -0.15) is 17.2 Å². The van der Waals surface area contributed by atoms with Crippen molar-refractivity contribution in [2.24, 2.45) is 0 Å². The van der Waals surface area contributed by atoms with E-state index in [0.29, 0.717) is 0 Å². The molecule has 1 rings (SSSR count). The van der Waals surface area contributed by atoms with Crippen LogP contribution in [0.4, 0.5) is 8.78 Å². The van der Waals surface area contributed by atoms with Crippen LogP contribution in [-0.4, -0.2) is 29.0 Å². The Morgan fingerprint density at radius 1 is 1.29 bits per heavy atom. The number of hydrogen-bond donors (Lipinski definition) is 1. The highest BCUT2D eigenvalue weighted by Gasteiger charge is 2.45. The van der Waals surface area contributed by atoms with Gasteiger partial charge in [-0.3, -0.25) is 8.74 Å². The first kappa shape index (κ1) is 14.2. The molecule has 1 aromatic carbocycles. The van der Waals surface area contributed by atoms with Gasteiger partial charge in [-0.25, -0.2) is 4.21 Å². The molecule has 5 nitrogen and oxygen atoms in total. The minimum atomic E-state index is -5.57. The van der Waals surface area contributed by atoms with Crippen molar-refractivity contribution in [2.75, 3.05) is 6.61 Å². The van der Waals surface area contributed by atoms with E-state index in [0.717, 1.165) is 0 Å². The fourth-order valence-corrected chi connectivity index (χ4v) is 1.85. The molecule has 0 aliphatic carbocycles. The molecule has 0 saturated carbocycles.